The van der Waals surface area contributed by atoms with Crippen molar-refractivity contribution in [1.29, 1.82) is 0 Å². The van der Waals surface area contributed by atoms with Crippen LogP contribution in [0.3, 0.4) is 0 Å². The number of anilines is 2. The fourth-order valence-electron chi connectivity index (χ4n) is 5.42. The fourth-order valence-corrected chi connectivity index (χ4v) is 5.42. The van der Waals surface area contributed by atoms with Crippen LogP contribution in [-0.2, 0) is 11.3 Å². The monoisotopic (exact) mass is 515 g/mol. The molecule has 6 rings (SSSR count). The number of nitrogens with one attached hydrogen (secondary N) is 2. The Labute approximate surface area is 223 Å². The molecule has 4 N–H and O–H groups in total. The zero-order chi connectivity index (χ0) is 26.1. The van der Waals surface area contributed by atoms with E-state index in [9.17, 15) is 0 Å². The van der Waals surface area contributed by atoms with Crippen LogP contribution in [-0.4, -0.2) is 62.3 Å². The number of hydrogen-bond acceptors (Lipinski definition) is 8. The van der Waals surface area contributed by atoms with Gasteiger partial charge in [0, 0.05) is 51.0 Å². The van der Waals surface area contributed by atoms with E-state index in [0.29, 0.717) is 12.5 Å². The number of benzene rings is 1. The lowest BCUT2D eigenvalue weighted by Gasteiger charge is -2.30. The summed E-state index contributed by atoms with van der Waals surface area (Å²) < 4.78 is 7.52. The van der Waals surface area contributed by atoms with E-state index in [4.69, 9.17) is 25.5 Å². The normalized spacial score (nSPS) is 17.5. The predicted octanol–water partition coefficient (Wildman–Crippen LogP) is 4.10. The van der Waals surface area contributed by atoms with Crippen molar-refractivity contribution in [2.45, 2.75) is 64.0 Å². The maximum Gasteiger partial charge on any atom is 0.228 e. The topological polar surface area (TPSA) is 123 Å². The molecule has 0 saturated carbocycles. The molecular formula is C28H37N9O. The van der Waals surface area contributed by atoms with E-state index >= 15 is 0 Å². The van der Waals surface area contributed by atoms with E-state index in [1.54, 1.807) is 0 Å². The molecule has 2 saturated heterocycles. The van der Waals surface area contributed by atoms with E-state index in [1.165, 1.54) is 0 Å². The number of fused-ring (bicyclic) bond motifs is 1. The van der Waals surface area contributed by atoms with Gasteiger partial charge in [0.1, 0.15) is 5.52 Å². The van der Waals surface area contributed by atoms with Crippen LogP contribution in [0.2, 0.25) is 0 Å². The quantitative estimate of drug-likeness (QED) is 0.336. The van der Waals surface area contributed by atoms with Gasteiger partial charge in [-0.1, -0.05) is 32.0 Å². The number of aromatic amines is 1. The van der Waals surface area contributed by atoms with Crippen LogP contribution in [0.1, 0.15) is 68.3 Å². The predicted molar refractivity (Wildman–Crippen MR) is 149 cm³/mol. The molecule has 2 aliphatic heterocycles. The number of piperidine rings is 1. The third-order valence-electron chi connectivity index (χ3n) is 7.75. The van der Waals surface area contributed by atoms with Crippen molar-refractivity contribution in [3.8, 4) is 5.69 Å². The Morgan fingerprint density at radius 1 is 1.05 bits per heavy atom. The van der Waals surface area contributed by atoms with Gasteiger partial charge in [0.05, 0.1) is 17.1 Å². The minimum absolute atomic E-state index is 0.249. The highest BCUT2D eigenvalue weighted by atomic mass is 16.5. The summed E-state index contributed by atoms with van der Waals surface area (Å²) in [4.78, 5) is 12.1. The van der Waals surface area contributed by atoms with Crippen LogP contribution in [0.4, 0.5) is 11.8 Å². The average molecular weight is 516 g/mol. The molecule has 2 aliphatic rings. The second kappa shape index (κ2) is 10.7. The number of nitrogens with two attached hydrogens (primary N) is 1. The highest BCUT2D eigenvalue weighted by molar-refractivity contribution is 5.88. The summed E-state index contributed by atoms with van der Waals surface area (Å²) in [6, 6.07) is 10.8. The number of para-hydroxylation sites is 1. The lowest BCUT2D eigenvalue weighted by Crippen LogP contribution is -2.40. The first kappa shape index (κ1) is 24.8. The maximum absolute atomic E-state index is 6.15. The maximum atomic E-state index is 6.15. The molecule has 0 aliphatic carbocycles. The van der Waals surface area contributed by atoms with E-state index < -0.39 is 0 Å². The van der Waals surface area contributed by atoms with Gasteiger partial charge in [-0.15, -0.1) is 0 Å². The molecule has 3 aromatic heterocycles. The number of rotatable bonds is 7. The number of H-pyrrole nitrogens is 1. The van der Waals surface area contributed by atoms with Crippen LogP contribution in [0.25, 0.3) is 16.7 Å². The molecule has 200 valence electrons. The van der Waals surface area contributed by atoms with Crippen LogP contribution >= 0.6 is 0 Å². The minimum atomic E-state index is 0.249. The van der Waals surface area contributed by atoms with Crippen molar-refractivity contribution in [2.75, 3.05) is 36.5 Å². The Kier molecular flexibility index (Phi) is 6.99. The van der Waals surface area contributed by atoms with Crippen LogP contribution in [0.5, 0.6) is 0 Å². The summed E-state index contributed by atoms with van der Waals surface area (Å²) in [6.07, 6.45) is 6.00. The Morgan fingerprint density at radius 3 is 2.63 bits per heavy atom. The summed E-state index contributed by atoms with van der Waals surface area (Å²) >= 11 is 0. The van der Waals surface area contributed by atoms with Crippen molar-refractivity contribution in [3.63, 3.8) is 0 Å². The molecule has 2 fully saturated rings. The first-order valence-corrected chi connectivity index (χ1v) is 13.8. The molecule has 4 aromatic rings. The highest BCUT2D eigenvalue weighted by Crippen LogP contribution is 2.30. The molecule has 0 bridgehead atoms. The SMILES string of the molecule is CC(C)c1[nH]nc2c(NCc3ccccc3-n3ccc(C4CCOCC4)n3)nc(N3CCC(N)CC3)nc12. The van der Waals surface area contributed by atoms with E-state index in [-0.39, 0.29) is 12.0 Å². The van der Waals surface area contributed by atoms with Gasteiger partial charge < -0.3 is 20.7 Å². The van der Waals surface area contributed by atoms with E-state index in [0.717, 1.165) is 97.4 Å². The largest absolute Gasteiger partial charge is 0.381 e. The van der Waals surface area contributed by atoms with E-state index in [2.05, 4.69) is 70.8 Å². The molecule has 1 aromatic carbocycles. The fraction of sp³-hybridized carbons (Fsp3) is 0.500. The zero-order valence-corrected chi connectivity index (χ0v) is 22.2. The van der Waals surface area contributed by atoms with Gasteiger partial charge in [-0.25, -0.2) is 9.67 Å². The average Bonchev–Trinajstić information content (AvgIpc) is 3.61. The summed E-state index contributed by atoms with van der Waals surface area (Å²) in [5.41, 5.74) is 12.1. The van der Waals surface area contributed by atoms with Gasteiger partial charge in [-0.05, 0) is 49.3 Å². The molecule has 0 spiro atoms. The Hall–Kier alpha value is -3.50. The summed E-state index contributed by atoms with van der Waals surface area (Å²) in [5, 5.41) is 16.3. The lowest BCUT2D eigenvalue weighted by atomic mass is 9.97. The van der Waals surface area contributed by atoms with Crippen molar-refractivity contribution >= 4 is 22.8 Å². The van der Waals surface area contributed by atoms with Crippen molar-refractivity contribution in [1.82, 2.24) is 29.9 Å². The lowest BCUT2D eigenvalue weighted by molar-refractivity contribution is 0.0844. The molecule has 10 nitrogen and oxygen atoms in total. The smallest absolute Gasteiger partial charge is 0.228 e. The van der Waals surface area contributed by atoms with Crippen LogP contribution in [0, 0.1) is 0 Å². The Morgan fingerprint density at radius 2 is 1.84 bits per heavy atom. The molecule has 5 heterocycles. The van der Waals surface area contributed by atoms with Gasteiger partial charge in [-0.3, -0.25) is 5.10 Å². The van der Waals surface area contributed by atoms with Gasteiger partial charge in [0.25, 0.3) is 0 Å². The summed E-state index contributed by atoms with van der Waals surface area (Å²) in [7, 11) is 0. The molecule has 10 heteroatoms. The number of aromatic nitrogens is 6. The third-order valence-corrected chi connectivity index (χ3v) is 7.75. The van der Waals surface area contributed by atoms with Gasteiger partial charge >= 0.3 is 0 Å². The van der Waals surface area contributed by atoms with Crippen LogP contribution in [0.15, 0.2) is 36.5 Å². The molecule has 0 amide bonds. The third kappa shape index (κ3) is 4.98. The number of hydrogen-bond donors (Lipinski definition) is 3. The van der Waals surface area contributed by atoms with Crippen molar-refractivity contribution in [3.05, 3.63) is 53.5 Å². The molecule has 0 radical (unpaired) electrons. The van der Waals surface area contributed by atoms with Gasteiger partial charge in [0.2, 0.25) is 5.95 Å². The van der Waals surface area contributed by atoms with Crippen LogP contribution < -0.4 is 16.0 Å². The second-order valence-corrected chi connectivity index (χ2v) is 10.7. The van der Waals surface area contributed by atoms with Gasteiger partial charge in [0.15, 0.2) is 11.3 Å². The van der Waals surface area contributed by atoms with E-state index in [1.807, 2.05) is 4.68 Å². The number of nitrogens with zero attached hydrogens (tertiary/aromatic N) is 6. The second-order valence-electron chi connectivity index (χ2n) is 10.7. The minimum Gasteiger partial charge on any atom is -0.381 e. The summed E-state index contributed by atoms with van der Waals surface area (Å²) in [6.45, 7) is 8.22. The molecule has 0 atom stereocenters. The Bertz CT molecular complexity index is 1380. The highest BCUT2D eigenvalue weighted by Gasteiger charge is 2.23. The van der Waals surface area contributed by atoms with Crippen molar-refractivity contribution < 1.29 is 4.74 Å². The van der Waals surface area contributed by atoms with Crippen molar-refractivity contribution in [2.24, 2.45) is 5.73 Å². The first-order chi connectivity index (χ1) is 18.6. The molecule has 0 unspecified atom stereocenters. The Balaban J connectivity index is 1.29. The first-order valence-electron chi connectivity index (χ1n) is 13.8. The molecular weight excluding hydrogens is 478 g/mol. The zero-order valence-electron chi connectivity index (χ0n) is 22.2. The number of ether oxygens (including phenoxy) is 1. The summed E-state index contributed by atoms with van der Waals surface area (Å²) in [5.74, 6) is 2.20. The molecule has 38 heavy (non-hydrogen) atoms. The standard InChI is InChI=1S/C28H37N9O/c1-18(2)24-25-26(34-33-24)27(32-28(31-25)36-12-7-21(29)8-13-36)30-17-20-5-3-4-6-23(20)37-14-9-22(35-37)19-10-15-38-16-11-19/h3-6,9,14,18-19,21H,7-8,10-13,15-17,29H2,1-2H3,(H,33,34)(H,30,31,32). The van der Waals surface area contributed by atoms with Gasteiger partial charge in [-0.2, -0.15) is 15.2 Å².